The summed E-state index contributed by atoms with van der Waals surface area (Å²) in [6.07, 6.45) is 5.67. The molecule has 14 heavy (non-hydrogen) atoms. The van der Waals surface area contributed by atoms with Gasteiger partial charge >= 0.3 is 0 Å². The first-order valence-corrected chi connectivity index (χ1v) is 5.72. The first-order valence-electron chi connectivity index (χ1n) is 5.72. The molecule has 0 aromatic rings. The van der Waals surface area contributed by atoms with Crippen molar-refractivity contribution in [2.75, 3.05) is 6.61 Å². The molecule has 0 aromatic carbocycles. The van der Waals surface area contributed by atoms with E-state index in [2.05, 4.69) is 19.9 Å². The van der Waals surface area contributed by atoms with Gasteiger partial charge in [0, 0.05) is 13.0 Å². The summed E-state index contributed by atoms with van der Waals surface area (Å²) in [6, 6.07) is 2.14. The molecule has 0 aromatic heterocycles. The smallest absolute Gasteiger partial charge is 0.0622 e. The first-order chi connectivity index (χ1) is 6.74. The van der Waals surface area contributed by atoms with E-state index in [0.29, 0.717) is 12.5 Å². The molecule has 80 valence electrons. The third-order valence-corrected chi connectivity index (χ3v) is 3.34. The van der Waals surface area contributed by atoms with Crippen LogP contribution in [0.25, 0.3) is 0 Å². The fourth-order valence-electron chi connectivity index (χ4n) is 2.05. The Morgan fingerprint density at radius 2 is 2.07 bits per heavy atom. The second kappa shape index (κ2) is 6.03. The minimum atomic E-state index is 0.458. The van der Waals surface area contributed by atoms with Crippen LogP contribution in [0.2, 0.25) is 0 Å². The van der Waals surface area contributed by atoms with Crippen LogP contribution < -0.4 is 0 Å². The van der Waals surface area contributed by atoms with E-state index in [0.717, 1.165) is 24.9 Å². The van der Waals surface area contributed by atoms with Crippen LogP contribution in [0.3, 0.4) is 0 Å². The van der Waals surface area contributed by atoms with Crippen LogP contribution in [0.4, 0.5) is 0 Å². The zero-order valence-corrected chi connectivity index (χ0v) is 9.33. The molecule has 1 saturated carbocycles. The summed E-state index contributed by atoms with van der Waals surface area (Å²) in [7, 11) is 0. The summed E-state index contributed by atoms with van der Waals surface area (Å²) < 4.78 is 5.75. The lowest BCUT2D eigenvalue weighted by Gasteiger charge is -2.31. The fourth-order valence-corrected chi connectivity index (χ4v) is 2.05. The molecule has 0 spiro atoms. The molecular formula is C12H21NO. The van der Waals surface area contributed by atoms with E-state index in [1.54, 1.807) is 0 Å². The summed E-state index contributed by atoms with van der Waals surface area (Å²) in [5.41, 5.74) is 0. The van der Waals surface area contributed by atoms with E-state index in [1.807, 2.05) is 0 Å². The number of rotatable bonds is 4. The molecule has 0 saturated heterocycles. The highest BCUT2D eigenvalue weighted by molar-refractivity contribution is 4.76. The molecule has 3 atom stereocenters. The Kier molecular flexibility index (Phi) is 4.97. The predicted molar refractivity (Wildman–Crippen MR) is 56.8 cm³/mol. The Hall–Kier alpha value is -0.550. The van der Waals surface area contributed by atoms with Crippen LogP contribution in [0.15, 0.2) is 0 Å². The van der Waals surface area contributed by atoms with Crippen molar-refractivity contribution in [2.24, 2.45) is 11.8 Å². The van der Waals surface area contributed by atoms with Gasteiger partial charge in [-0.15, -0.1) is 0 Å². The molecule has 1 rings (SSSR count). The van der Waals surface area contributed by atoms with Crippen molar-refractivity contribution in [3.05, 3.63) is 0 Å². The minimum absolute atomic E-state index is 0.458. The number of hydrogen-bond donors (Lipinski definition) is 0. The van der Waals surface area contributed by atoms with Gasteiger partial charge in [-0.05, 0) is 37.5 Å². The second-order valence-electron chi connectivity index (χ2n) is 4.52. The number of ether oxygens (including phenoxy) is 1. The molecule has 1 aliphatic carbocycles. The quantitative estimate of drug-likeness (QED) is 0.646. The third kappa shape index (κ3) is 3.67. The van der Waals surface area contributed by atoms with Gasteiger partial charge in [-0.1, -0.05) is 13.8 Å². The Labute approximate surface area is 87.3 Å². The van der Waals surface area contributed by atoms with Gasteiger partial charge in [-0.25, -0.2) is 0 Å². The Morgan fingerprint density at radius 1 is 1.29 bits per heavy atom. The molecule has 0 N–H and O–H groups in total. The first kappa shape index (κ1) is 11.5. The number of unbranched alkanes of at least 4 members (excludes halogenated alkanes) is 1. The van der Waals surface area contributed by atoms with Crippen molar-refractivity contribution < 1.29 is 4.74 Å². The maximum Gasteiger partial charge on any atom is 0.0622 e. The van der Waals surface area contributed by atoms with Crippen LogP contribution >= 0.6 is 0 Å². The highest BCUT2D eigenvalue weighted by atomic mass is 16.5. The standard InChI is InChI=1S/C12H21NO/c1-10-5-6-12(9-11(10)2)14-8-4-3-7-13/h10-12H,3-6,8-9H2,1-2H3. The number of nitriles is 1. The van der Waals surface area contributed by atoms with Crippen molar-refractivity contribution in [2.45, 2.75) is 52.1 Å². The molecule has 3 unspecified atom stereocenters. The summed E-state index contributed by atoms with van der Waals surface area (Å²) in [5.74, 6) is 1.65. The normalized spacial score (nSPS) is 32.5. The van der Waals surface area contributed by atoms with Crippen LogP contribution in [-0.2, 0) is 4.74 Å². The third-order valence-electron chi connectivity index (χ3n) is 3.34. The van der Waals surface area contributed by atoms with E-state index in [1.165, 1.54) is 19.3 Å². The van der Waals surface area contributed by atoms with Crippen LogP contribution in [0.5, 0.6) is 0 Å². The zero-order valence-electron chi connectivity index (χ0n) is 9.33. The van der Waals surface area contributed by atoms with Gasteiger partial charge in [0.2, 0.25) is 0 Å². The van der Waals surface area contributed by atoms with Crippen LogP contribution in [0.1, 0.15) is 46.0 Å². The molecule has 0 heterocycles. The van der Waals surface area contributed by atoms with E-state index in [-0.39, 0.29) is 0 Å². The molecule has 0 radical (unpaired) electrons. The van der Waals surface area contributed by atoms with Gasteiger partial charge in [-0.3, -0.25) is 0 Å². The average Bonchev–Trinajstić information content (AvgIpc) is 2.18. The maximum absolute atomic E-state index is 8.37. The highest BCUT2D eigenvalue weighted by Gasteiger charge is 2.24. The summed E-state index contributed by atoms with van der Waals surface area (Å²) in [6.45, 7) is 5.41. The molecular weight excluding hydrogens is 174 g/mol. The topological polar surface area (TPSA) is 33.0 Å². The SMILES string of the molecule is CC1CCC(OCCCC#N)CC1C. The van der Waals surface area contributed by atoms with Crippen molar-refractivity contribution in [3.63, 3.8) is 0 Å². The second-order valence-corrected chi connectivity index (χ2v) is 4.52. The van der Waals surface area contributed by atoms with Gasteiger partial charge in [0.1, 0.15) is 0 Å². The molecule has 1 aliphatic rings. The Morgan fingerprint density at radius 3 is 2.71 bits per heavy atom. The van der Waals surface area contributed by atoms with Gasteiger partial charge in [0.25, 0.3) is 0 Å². The predicted octanol–water partition coefficient (Wildman–Crippen LogP) is 3.13. The van der Waals surface area contributed by atoms with Crippen molar-refractivity contribution in [1.82, 2.24) is 0 Å². The zero-order chi connectivity index (χ0) is 10.4. The van der Waals surface area contributed by atoms with Gasteiger partial charge in [-0.2, -0.15) is 5.26 Å². The molecule has 1 fully saturated rings. The van der Waals surface area contributed by atoms with E-state index >= 15 is 0 Å². The van der Waals surface area contributed by atoms with Gasteiger partial charge in [0.15, 0.2) is 0 Å². The minimum Gasteiger partial charge on any atom is -0.378 e. The van der Waals surface area contributed by atoms with Crippen molar-refractivity contribution >= 4 is 0 Å². The fraction of sp³-hybridized carbons (Fsp3) is 0.917. The van der Waals surface area contributed by atoms with Gasteiger partial charge in [0.05, 0.1) is 12.2 Å². The molecule has 0 amide bonds. The van der Waals surface area contributed by atoms with E-state index in [9.17, 15) is 0 Å². The monoisotopic (exact) mass is 195 g/mol. The van der Waals surface area contributed by atoms with Crippen molar-refractivity contribution in [1.29, 1.82) is 5.26 Å². The molecule has 2 nitrogen and oxygen atoms in total. The number of hydrogen-bond acceptors (Lipinski definition) is 2. The van der Waals surface area contributed by atoms with Crippen LogP contribution in [0, 0.1) is 23.2 Å². The van der Waals surface area contributed by atoms with Gasteiger partial charge < -0.3 is 4.74 Å². The number of nitrogens with zero attached hydrogens (tertiary/aromatic N) is 1. The van der Waals surface area contributed by atoms with E-state index < -0.39 is 0 Å². The molecule has 2 heteroatoms. The lowest BCUT2D eigenvalue weighted by Crippen LogP contribution is -2.26. The van der Waals surface area contributed by atoms with E-state index in [4.69, 9.17) is 10.00 Å². The lowest BCUT2D eigenvalue weighted by molar-refractivity contribution is 0.00207. The Bertz CT molecular complexity index is 197. The van der Waals surface area contributed by atoms with Crippen molar-refractivity contribution in [3.8, 4) is 6.07 Å². The molecule has 0 bridgehead atoms. The summed E-state index contributed by atoms with van der Waals surface area (Å²) >= 11 is 0. The average molecular weight is 195 g/mol. The molecule has 0 aliphatic heterocycles. The highest BCUT2D eigenvalue weighted by Crippen LogP contribution is 2.30. The summed E-state index contributed by atoms with van der Waals surface area (Å²) in [5, 5.41) is 8.37. The van der Waals surface area contributed by atoms with Crippen LogP contribution in [-0.4, -0.2) is 12.7 Å². The Balaban J connectivity index is 2.11. The summed E-state index contributed by atoms with van der Waals surface area (Å²) in [4.78, 5) is 0. The largest absolute Gasteiger partial charge is 0.378 e. The lowest BCUT2D eigenvalue weighted by atomic mass is 9.80. The maximum atomic E-state index is 8.37.